The van der Waals surface area contributed by atoms with Crippen molar-refractivity contribution in [1.82, 2.24) is 4.90 Å². The first-order valence-electron chi connectivity index (χ1n) is 6.48. The molecule has 20 heavy (non-hydrogen) atoms. The average Bonchev–Trinajstić information content (AvgIpc) is 2.37. The second-order valence-electron chi connectivity index (χ2n) is 5.36. The molecule has 1 aromatic rings. The van der Waals surface area contributed by atoms with E-state index in [1.165, 1.54) is 0 Å². The van der Waals surface area contributed by atoms with Crippen molar-refractivity contribution in [2.75, 3.05) is 13.6 Å². The Morgan fingerprint density at radius 2 is 2.00 bits per heavy atom. The molecule has 0 aliphatic carbocycles. The van der Waals surface area contributed by atoms with Crippen LogP contribution in [0.1, 0.15) is 32.3 Å². The Labute approximate surface area is 124 Å². The average molecular weight is 298 g/mol. The molecule has 0 bridgehead atoms. The normalized spacial score (nSPS) is 11.2. The molecule has 0 saturated heterocycles. The van der Waals surface area contributed by atoms with Crippen LogP contribution in [0.3, 0.4) is 0 Å². The molecule has 1 rings (SSSR count). The van der Waals surface area contributed by atoms with Crippen LogP contribution in [0, 0.1) is 0 Å². The van der Waals surface area contributed by atoms with Gasteiger partial charge in [-0.3, -0.25) is 9.59 Å². The monoisotopic (exact) mass is 297 g/mol. The molecule has 1 N–H and O–H groups in total. The number of carbonyl (C=O) groups is 2. The number of carbonyl (C=O) groups excluding carboxylic acids is 1. The minimum atomic E-state index is -0.847. The van der Waals surface area contributed by atoms with Crippen molar-refractivity contribution in [3.63, 3.8) is 0 Å². The third-order valence-electron chi connectivity index (χ3n) is 3.31. The van der Waals surface area contributed by atoms with E-state index in [9.17, 15) is 9.59 Å². The first kappa shape index (κ1) is 16.5. The van der Waals surface area contributed by atoms with Crippen LogP contribution in [-0.2, 0) is 15.0 Å². The van der Waals surface area contributed by atoms with Gasteiger partial charge in [-0.1, -0.05) is 23.7 Å². The van der Waals surface area contributed by atoms with Gasteiger partial charge in [0.05, 0.1) is 5.41 Å². The Morgan fingerprint density at radius 1 is 1.35 bits per heavy atom. The molecule has 110 valence electrons. The molecular formula is C15H20ClNO3. The molecule has 0 aliphatic heterocycles. The molecule has 0 radical (unpaired) electrons. The summed E-state index contributed by atoms with van der Waals surface area (Å²) in [5, 5.41) is 9.21. The van der Waals surface area contributed by atoms with Crippen LogP contribution >= 0.6 is 11.6 Å². The van der Waals surface area contributed by atoms with Crippen LogP contribution in [0.25, 0.3) is 0 Å². The number of carboxylic acid groups (broad SMARTS) is 1. The van der Waals surface area contributed by atoms with Gasteiger partial charge in [-0.25, -0.2) is 0 Å². The Morgan fingerprint density at radius 3 is 2.55 bits per heavy atom. The van der Waals surface area contributed by atoms with Gasteiger partial charge in [-0.05, 0) is 38.0 Å². The van der Waals surface area contributed by atoms with Crippen molar-refractivity contribution in [2.24, 2.45) is 0 Å². The lowest BCUT2D eigenvalue weighted by atomic mass is 9.83. The number of carboxylic acids is 1. The maximum Gasteiger partial charge on any atom is 0.303 e. The predicted molar refractivity (Wildman–Crippen MR) is 79.0 cm³/mol. The van der Waals surface area contributed by atoms with Gasteiger partial charge in [0.2, 0.25) is 5.91 Å². The number of hydrogen-bond acceptors (Lipinski definition) is 2. The van der Waals surface area contributed by atoms with Crippen molar-refractivity contribution in [1.29, 1.82) is 0 Å². The summed E-state index contributed by atoms with van der Waals surface area (Å²) in [6.07, 6.45) is 0.512. The van der Waals surface area contributed by atoms with Gasteiger partial charge in [0.15, 0.2) is 0 Å². The van der Waals surface area contributed by atoms with Crippen LogP contribution in [0.2, 0.25) is 5.02 Å². The number of likely N-dealkylation sites (N-methyl/N-ethyl adjacent to an activating group) is 1. The predicted octanol–water partition coefficient (Wildman–Crippen LogP) is 2.94. The third kappa shape index (κ3) is 4.23. The SMILES string of the molecule is CN(CCCC(=O)O)C(=O)C(C)(C)c1cccc(Cl)c1. The highest BCUT2D eigenvalue weighted by Gasteiger charge is 2.32. The quantitative estimate of drug-likeness (QED) is 0.878. The van der Waals surface area contributed by atoms with E-state index in [1.54, 1.807) is 24.1 Å². The van der Waals surface area contributed by atoms with Crippen LogP contribution in [0.15, 0.2) is 24.3 Å². The topological polar surface area (TPSA) is 57.6 Å². The standard InChI is InChI=1S/C15H20ClNO3/c1-15(2,11-6-4-7-12(16)10-11)14(20)17(3)9-5-8-13(18)19/h4,6-7,10H,5,8-9H2,1-3H3,(H,18,19). The van der Waals surface area contributed by atoms with Crippen molar-refractivity contribution >= 4 is 23.5 Å². The molecule has 0 heterocycles. The van der Waals surface area contributed by atoms with E-state index in [0.29, 0.717) is 18.0 Å². The van der Waals surface area contributed by atoms with Gasteiger partial charge in [0.1, 0.15) is 0 Å². The van der Waals surface area contributed by atoms with E-state index >= 15 is 0 Å². The lowest BCUT2D eigenvalue weighted by Gasteiger charge is -2.30. The molecule has 0 unspecified atom stereocenters. The summed E-state index contributed by atoms with van der Waals surface area (Å²) in [7, 11) is 1.69. The van der Waals surface area contributed by atoms with E-state index < -0.39 is 11.4 Å². The van der Waals surface area contributed by atoms with E-state index in [-0.39, 0.29) is 12.3 Å². The lowest BCUT2D eigenvalue weighted by Crippen LogP contribution is -2.41. The Balaban J connectivity index is 2.76. The van der Waals surface area contributed by atoms with Gasteiger partial charge >= 0.3 is 5.97 Å². The molecule has 0 aromatic heterocycles. The fraction of sp³-hybridized carbons (Fsp3) is 0.467. The van der Waals surface area contributed by atoms with E-state index in [0.717, 1.165) is 5.56 Å². The molecule has 0 atom stereocenters. The zero-order chi connectivity index (χ0) is 15.3. The number of amides is 1. The molecular weight excluding hydrogens is 278 g/mol. The van der Waals surface area contributed by atoms with E-state index in [1.807, 2.05) is 26.0 Å². The highest BCUT2D eigenvalue weighted by Crippen LogP contribution is 2.27. The second kappa shape index (κ2) is 6.75. The molecule has 4 nitrogen and oxygen atoms in total. The summed E-state index contributed by atoms with van der Waals surface area (Å²) in [6.45, 7) is 4.11. The van der Waals surface area contributed by atoms with Gasteiger partial charge in [-0.15, -0.1) is 0 Å². The number of benzene rings is 1. The number of halogens is 1. The molecule has 0 aliphatic rings. The Hall–Kier alpha value is -1.55. The highest BCUT2D eigenvalue weighted by molar-refractivity contribution is 6.30. The number of rotatable bonds is 6. The second-order valence-corrected chi connectivity index (χ2v) is 5.80. The minimum Gasteiger partial charge on any atom is -0.481 e. The molecule has 0 fully saturated rings. The summed E-state index contributed by atoms with van der Waals surface area (Å²) >= 11 is 5.96. The number of aliphatic carboxylic acids is 1. The van der Waals surface area contributed by atoms with E-state index in [4.69, 9.17) is 16.7 Å². The van der Waals surface area contributed by atoms with Crippen LogP contribution in [0.5, 0.6) is 0 Å². The Kier molecular flexibility index (Phi) is 5.57. The minimum absolute atomic E-state index is 0.0508. The summed E-state index contributed by atoms with van der Waals surface area (Å²) < 4.78 is 0. The maximum atomic E-state index is 12.5. The maximum absolute atomic E-state index is 12.5. The van der Waals surface area contributed by atoms with Crippen LogP contribution in [0.4, 0.5) is 0 Å². The summed E-state index contributed by atoms with van der Waals surface area (Å²) in [5.41, 5.74) is 0.156. The van der Waals surface area contributed by atoms with Crippen molar-refractivity contribution in [3.8, 4) is 0 Å². The lowest BCUT2D eigenvalue weighted by molar-refractivity contribution is -0.139. The van der Waals surface area contributed by atoms with Crippen molar-refractivity contribution in [3.05, 3.63) is 34.9 Å². The molecule has 0 saturated carbocycles. The molecule has 1 aromatic carbocycles. The summed E-state index contributed by atoms with van der Waals surface area (Å²) in [6, 6.07) is 7.23. The van der Waals surface area contributed by atoms with Gasteiger partial charge in [0, 0.05) is 25.0 Å². The van der Waals surface area contributed by atoms with Crippen molar-refractivity contribution in [2.45, 2.75) is 32.1 Å². The fourth-order valence-electron chi connectivity index (χ4n) is 2.05. The molecule has 0 spiro atoms. The highest BCUT2D eigenvalue weighted by atomic mass is 35.5. The smallest absolute Gasteiger partial charge is 0.303 e. The molecule has 5 heteroatoms. The van der Waals surface area contributed by atoms with Crippen molar-refractivity contribution < 1.29 is 14.7 Å². The zero-order valence-electron chi connectivity index (χ0n) is 12.0. The first-order chi connectivity index (χ1) is 9.25. The Bertz CT molecular complexity index is 500. The number of hydrogen-bond donors (Lipinski definition) is 1. The zero-order valence-corrected chi connectivity index (χ0v) is 12.8. The fourth-order valence-corrected chi connectivity index (χ4v) is 2.24. The molecule has 1 amide bonds. The van der Waals surface area contributed by atoms with Crippen LogP contribution in [-0.4, -0.2) is 35.5 Å². The summed E-state index contributed by atoms with van der Waals surface area (Å²) in [5.74, 6) is -0.898. The van der Waals surface area contributed by atoms with Gasteiger partial charge < -0.3 is 10.0 Å². The van der Waals surface area contributed by atoms with E-state index in [2.05, 4.69) is 0 Å². The largest absolute Gasteiger partial charge is 0.481 e. The third-order valence-corrected chi connectivity index (χ3v) is 3.55. The van der Waals surface area contributed by atoms with Gasteiger partial charge in [0.25, 0.3) is 0 Å². The number of nitrogens with zero attached hydrogens (tertiary/aromatic N) is 1. The van der Waals surface area contributed by atoms with Gasteiger partial charge in [-0.2, -0.15) is 0 Å². The van der Waals surface area contributed by atoms with Crippen LogP contribution < -0.4 is 0 Å². The first-order valence-corrected chi connectivity index (χ1v) is 6.86. The summed E-state index contributed by atoms with van der Waals surface area (Å²) in [4.78, 5) is 24.5.